The Kier molecular flexibility index (Phi) is 4.24. The van der Waals surface area contributed by atoms with Gasteiger partial charge in [-0.1, -0.05) is 40.5 Å². The van der Waals surface area contributed by atoms with Gasteiger partial charge in [0, 0.05) is 12.1 Å². The van der Waals surface area contributed by atoms with Crippen LogP contribution in [0.4, 0.5) is 0 Å². The lowest BCUT2D eigenvalue weighted by molar-refractivity contribution is 0.197. The number of nitrogens with one attached hydrogen (secondary N) is 1. The fraction of sp³-hybridized carbons (Fsp3) is 1.00. The van der Waals surface area contributed by atoms with Gasteiger partial charge in [0.1, 0.15) is 0 Å². The standard InChI is InChI=1S/C12H25N/c1-9(2)11-7-5-6-8-12(11)13-10(3)4/h9-13H,5-8H2,1-4H3/t11-,12?/m0/s1. The molecular formula is C12H25N. The molecule has 0 bridgehead atoms. The van der Waals surface area contributed by atoms with Gasteiger partial charge in [-0.15, -0.1) is 0 Å². The highest BCUT2D eigenvalue weighted by Crippen LogP contribution is 2.30. The molecule has 13 heavy (non-hydrogen) atoms. The van der Waals surface area contributed by atoms with Gasteiger partial charge in [-0.3, -0.25) is 0 Å². The predicted octanol–water partition coefficient (Wildman–Crippen LogP) is 3.20. The van der Waals surface area contributed by atoms with Crippen molar-refractivity contribution in [1.29, 1.82) is 0 Å². The van der Waals surface area contributed by atoms with E-state index in [0.29, 0.717) is 6.04 Å². The van der Waals surface area contributed by atoms with Crippen LogP contribution in [0.25, 0.3) is 0 Å². The van der Waals surface area contributed by atoms with E-state index in [1.165, 1.54) is 25.7 Å². The summed E-state index contributed by atoms with van der Waals surface area (Å²) in [6.45, 7) is 9.24. The van der Waals surface area contributed by atoms with Gasteiger partial charge in [-0.05, 0) is 24.7 Å². The maximum atomic E-state index is 3.71. The Morgan fingerprint density at radius 2 is 1.62 bits per heavy atom. The van der Waals surface area contributed by atoms with Crippen LogP contribution in [0.2, 0.25) is 0 Å². The summed E-state index contributed by atoms with van der Waals surface area (Å²) >= 11 is 0. The number of hydrogen-bond donors (Lipinski definition) is 1. The minimum absolute atomic E-state index is 0.643. The lowest BCUT2D eigenvalue weighted by Gasteiger charge is -2.36. The Labute approximate surface area is 83.3 Å². The van der Waals surface area contributed by atoms with E-state index in [0.717, 1.165) is 17.9 Å². The third kappa shape index (κ3) is 3.30. The fourth-order valence-corrected chi connectivity index (χ4v) is 2.59. The van der Waals surface area contributed by atoms with Crippen LogP contribution in [0.15, 0.2) is 0 Å². The summed E-state index contributed by atoms with van der Waals surface area (Å²) in [5.41, 5.74) is 0. The molecule has 1 aliphatic carbocycles. The van der Waals surface area contributed by atoms with Crippen molar-refractivity contribution in [3.63, 3.8) is 0 Å². The van der Waals surface area contributed by atoms with Gasteiger partial charge in [0.05, 0.1) is 0 Å². The second kappa shape index (κ2) is 4.99. The van der Waals surface area contributed by atoms with E-state index >= 15 is 0 Å². The molecule has 78 valence electrons. The molecule has 0 radical (unpaired) electrons. The molecule has 1 aliphatic rings. The molecule has 0 aromatic heterocycles. The summed E-state index contributed by atoms with van der Waals surface area (Å²) in [5, 5.41) is 3.71. The van der Waals surface area contributed by atoms with Crippen LogP contribution < -0.4 is 5.32 Å². The first-order valence-electron chi connectivity index (χ1n) is 5.87. The molecule has 0 aromatic rings. The molecule has 0 amide bonds. The van der Waals surface area contributed by atoms with Gasteiger partial charge in [-0.25, -0.2) is 0 Å². The molecule has 0 aliphatic heterocycles. The molecule has 0 aromatic carbocycles. The Balaban J connectivity index is 2.46. The normalized spacial score (nSPS) is 30.0. The van der Waals surface area contributed by atoms with Crippen LogP contribution >= 0.6 is 0 Å². The SMILES string of the molecule is CC(C)NC1CCCC[C@H]1C(C)C. The highest BCUT2D eigenvalue weighted by Gasteiger charge is 2.27. The molecule has 0 saturated heterocycles. The van der Waals surface area contributed by atoms with Gasteiger partial charge >= 0.3 is 0 Å². The average Bonchev–Trinajstić information content (AvgIpc) is 2.03. The van der Waals surface area contributed by atoms with Crippen molar-refractivity contribution in [2.75, 3.05) is 0 Å². The van der Waals surface area contributed by atoms with Crippen LogP contribution in [0.1, 0.15) is 53.4 Å². The van der Waals surface area contributed by atoms with Crippen molar-refractivity contribution in [3.05, 3.63) is 0 Å². The Morgan fingerprint density at radius 1 is 1.00 bits per heavy atom. The van der Waals surface area contributed by atoms with Gasteiger partial charge in [0.25, 0.3) is 0 Å². The average molecular weight is 183 g/mol. The van der Waals surface area contributed by atoms with Crippen molar-refractivity contribution < 1.29 is 0 Å². The van der Waals surface area contributed by atoms with E-state index in [4.69, 9.17) is 0 Å². The van der Waals surface area contributed by atoms with Crippen LogP contribution in [0.5, 0.6) is 0 Å². The summed E-state index contributed by atoms with van der Waals surface area (Å²) in [6.07, 6.45) is 5.69. The molecule has 1 N–H and O–H groups in total. The largest absolute Gasteiger partial charge is 0.311 e. The van der Waals surface area contributed by atoms with Gasteiger partial charge < -0.3 is 5.32 Å². The van der Waals surface area contributed by atoms with E-state index in [1.807, 2.05) is 0 Å². The first-order chi connectivity index (χ1) is 6.11. The van der Waals surface area contributed by atoms with Gasteiger partial charge in [0.2, 0.25) is 0 Å². The fourth-order valence-electron chi connectivity index (χ4n) is 2.59. The summed E-state index contributed by atoms with van der Waals surface area (Å²) < 4.78 is 0. The van der Waals surface area contributed by atoms with Crippen LogP contribution in [0.3, 0.4) is 0 Å². The Bertz CT molecular complexity index is 140. The lowest BCUT2D eigenvalue weighted by Crippen LogP contribution is -2.43. The van der Waals surface area contributed by atoms with Crippen LogP contribution in [-0.4, -0.2) is 12.1 Å². The van der Waals surface area contributed by atoms with E-state index in [1.54, 1.807) is 0 Å². The molecule has 1 heteroatoms. The lowest BCUT2D eigenvalue weighted by atomic mass is 9.77. The minimum atomic E-state index is 0.643. The van der Waals surface area contributed by atoms with E-state index in [-0.39, 0.29) is 0 Å². The van der Waals surface area contributed by atoms with Gasteiger partial charge in [0.15, 0.2) is 0 Å². The highest BCUT2D eigenvalue weighted by molar-refractivity contribution is 4.83. The first kappa shape index (κ1) is 11.0. The zero-order valence-electron chi connectivity index (χ0n) is 9.64. The first-order valence-corrected chi connectivity index (χ1v) is 5.87. The maximum absolute atomic E-state index is 3.71. The van der Waals surface area contributed by atoms with Crippen LogP contribution in [0, 0.1) is 11.8 Å². The molecule has 1 unspecified atom stereocenters. The number of rotatable bonds is 3. The van der Waals surface area contributed by atoms with Gasteiger partial charge in [-0.2, -0.15) is 0 Å². The van der Waals surface area contributed by atoms with Crippen LogP contribution in [-0.2, 0) is 0 Å². The number of hydrogen-bond acceptors (Lipinski definition) is 1. The van der Waals surface area contributed by atoms with Crippen molar-refractivity contribution in [2.24, 2.45) is 11.8 Å². The molecule has 1 saturated carbocycles. The molecule has 1 rings (SSSR count). The Morgan fingerprint density at radius 3 is 2.15 bits per heavy atom. The van der Waals surface area contributed by atoms with Crippen molar-refractivity contribution in [2.45, 2.75) is 65.5 Å². The molecule has 2 atom stereocenters. The third-order valence-corrected chi connectivity index (χ3v) is 3.22. The zero-order valence-corrected chi connectivity index (χ0v) is 9.64. The summed E-state index contributed by atoms with van der Waals surface area (Å²) in [4.78, 5) is 0. The summed E-state index contributed by atoms with van der Waals surface area (Å²) in [6, 6.07) is 1.43. The monoisotopic (exact) mass is 183 g/mol. The molecule has 1 nitrogen and oxygen atoms in total. The predicted molar refractivity (Wildman–Crippen MR) is 58.9 cm³/mol. The quantitative estimate of drug-likeness (QED) is 0.708. The summed E-state index contributed by atoms with van der Waals surface area (Å²) in [5.74, 6) is 1.76. The third-order valence-electron chi connectivity index (χ3n) is 3.22. The van der Waals surface area contributed by atoms with E-state index < -0.39 is 0 Å². The topological polar surface area (TPSA) is 12.0 Å². The summed E-state index contributed by atoms with van der Waals surface area (Å²) in [7, 11) is 0. The molecule has 0 spiro atoms. The Hall–Kier alpha value is -0.0400. The molecule has 0 heterocycles. The van der Waals surface area contributed by atoms with E-state index in [9.17, 15) is 0 Å². The van der Waals surface area contributed by atoms with E-state index in [2.05, 4.69) is 33.0 Å². The minimum Gasteiger partial charge on any atom is -0.311 e. The maximum Gasteiger partial charge on any atom is 0.0100 e. The second-order valence-electron chi connectivity index (χ2n) is 5.12. The molecule has 1 fully saturated rings. The smallest absolute Gasteiger partial charge is 0.0100 e. The van der Waals surface area contributed by atoms with Crippen molar-refractivity contribution >= 4 is 0 Å². The molecular weight excluding hydrogens is 158 g/mol. The van der Waals surface area contributed by atoms with Crippen molar-refractivity contribution in [3.8, 4) is 0 Å². The second-order valence-corrected chi connectivity index (χ2v) is 5.12. The van der Waals surface area contributed by atoms with Crippen molar-refractivity contribution in [1.82, 2.24) is 5.32 Å². The zero-order chi connectivity index (χ0) is 9.84. The highest BCUT2D eigenvalue weighted by atomic mass is 14.9.